The maximum absolute atomic E-state index is 12.6. The van der Waals surface area contributed by atoms with E-state index in [1.54, 1.807) is 11.1 Å². The zero-order chi connectivity index (χ0) is 18.1. The highest BCUT2D eigenvalue weighted by atomic mass is 16.3. The number of pyridine rings is 1. The lowest BCUT2D eigenvalue weighted by molar-refractivity contribution is -0.154. The Morgan fingerprint density at radius 1 is 1.23 bits per heavy atom. The molecule has 1 amide bonds. The van der Waals surface area contributed by atoms with Crippen molar-refractivity contribution in [2.24, 2.45) is 5.92 Å². The highest BCUT2D eigenvalue weighted by Gasteiger charge is 2.53. The van der Waals surface area contributed by atoms with Crippen LogP contribution in [0.4, 0.5) is 0 Å². The zero-order valence-corrected chi connectivity index (χ0v) is 14.5. The molecule has 1 saturated carbocycles. The van der Waals surface area contributed by atoms with Crippen LogP contribution in [0.15, 0.2) is 48.8 Å². The molecule has 132 valence electrons. The third-order valence-electron chi connectivity index (χ3n) is 5.73. The SMILES string of the molecule is N#C[C@H]1[C@H](c2ccc(-c3cccnc3)cc2)[C@@H](CO)N1C(=O)C1CCC1. The highest BCUT2D eigenvalue weighted by molar-refractivity contribution is 5.82. The van der Waals surface area contributed by atoms with Crippen LogP contribution in [0.3, 0.4) is 0 Å². The minimum atomic E-state index is -0.496. The van der Waals surface area contributed by atoms with Crippen LogP contribution in [0, 0.1) is 17.2 Å². The van der Waals surface area contributed by atoms with E-state index < -0.39 is 6.04 Å². The maximum atomic E-state index is 12.6. The summed E-state index contributed by atoms with van der Waals surface area (Å²) in [7, 11) is 0. The molecule has 0 unspecified atom stereocenters. The van der Waals surface area contributed by atoms with Crippen molar-refractivity contribution >= 4 is 5.91 Å². The van der Waals surface area contributed by atoms with Crippen molar-refractivity contribution in [3.63, 3.8) is 0 Å². The minimum absolute atomic E-state index is 0.0325. The minimum Gasteiger partial charge on any atom is -0.394 e. The lowest BCUT2D eigenvalue weighted by atomic mass is 9.73. The predicted octanol–water partition coefficient (Wildman–Crippen LogP) is 2.73. The van der Waals surface area contributed by atoms with Gasteiger partial charge in [0.1, 0.15) is 6.04 Å². The van der Waals surface area contributed by atoms with Crippen LogP contribution >= 0.6 is 0 Å². The fourth-order valence-electron chi connectivity index (χ4n) is 4.01. The van der Waals surface area contributed by atoms with Crippen LogP contribution in [0.25, 0.3) is 11.1 Å². The number of aromatic nitrogens is 1. The number of nitrogens with zero attached hydrogens (tertiary/aromatic N) is 3. The first-order valence-electron chi connectivity index (χ1n) is 9.07. The third kappa shape index (κ3) is 2.67. The topological polar surface area (TPSA) is 77.2 Å². The van der Waals surface area contributed by atoms with Gasteiger partial charge in [0.25, 0.3) is 0 Å². The molecular formula is C21H21N3O2. The molecule has 26 heavy (non-hydrogen) atoms. The van der Waals surface area contributed by atoms with E-state index in [-0.39, 0.29) is 30.4 Å². The fourth-order valence-corrected chi connectivity index (χ4v) is 4.01. The number of hydrogen-bond acceptors (Lipinski definition) is 4. The molecule has 2 fully saturated rings. The summed E-state index contributed by atoms with van der Waals surface area (Å²) in [6, 6.07) is 13.4. The van der Waals surface area contributed by atoms with Crippen LogP contribution in [-0.4, -0.2) is 39.6 Å². The molecule has 4 rings (SSSR count). The Morgan fingerprint density at radius 3 is 2.54 bits per heavy atom. The average molecular weight is 347 g/mol. The lowest BCUT2D eigenvalue weighted by Gasteiger charge is -2.53. The monoisotopic (exact) mass is 347 g/mol. The van der Waals surface area contributed by atoms with Crippen molar-refractivity contribution < 1.29 is 9.90 Å². The van der Waals surface area contributed by atoms with Gasteiger partial charge in [0.15, 0.2) is 0 Å². The van der Waals surface area contributed by atoms with E-state index in [9.17, 15) is 15.2 Å². The average Bonchev–Trinajstić information content (AvgIpc) is 2.61. The molecule has 5 nitrogen and oxygen atoms in total. The quantitative estimate of drug-likeness (QED) is 0.922. The second-order valence-electron chi connectivity index (χ2n) is 7.09. The van der Waals surface area contributed by atoms with Gasteiger partial charge >= 0.3 is 0 Å². The van der Waals surface area contributed by atoms with E-state index in [1.807, 2.05) is 42.6 Å². The molecule has 2 aliphatic rings. The molecule has 1 N–H and O–H groups in total. The largest absolute Gasteiger partial charge is 0.394 e. The number of carbonyl (C=O) groups is 1. The standard InChI is InChI=1S/C21H21N3O2/c22-11-18-20(19(13-25)24(18)21(26)16-3-1-4-16)15-8-6-14(7-9-15)17-5-2-10-23-12-17/h2,5-10,12,16,18-20,25H,1,3-4,13H2/t18-,19+,20-/m0/s1. The molecule has 0 radical (unpaired) electrons. The third-order valence-corrected chi connectivity index (χ3v) is 5.73. The Hall–Kier alpha value is -2.71. The van der Waals surface area contributed by atoms with Crippen LogP contribution in [-0.2, 0) is 4.79 Å². The summed E-state index contributed by atoms with van der Waals surface area (Å²) in [5.74, 6) is -0.0733. The van der Waals surface area contributed by atoms with Crippen LogP contribution in [0.1, 0.15) is 30.7 Å². The van der Waals surface area contributed by atoms with Gasteiger partial charge in [-0.25, -0.2) is 0 Å². The van der Waals surface area contributed by atoms with E-state index in [0.29, 0.717) is 0 Å². The van der Waals surface area contributed by atoms with Gasteiger partial charge in [-0.1, -0.05) is 36.8 Å². The second kappa shape index (κ2) is 6.89. The summed E-state index contributed by atoms with van der Waals surface area (Å²) in [6.45, 7) is -0.119. The Kier molecular flexibility index (Phi) is 4.44. The van der Waals surface area contributed by atoms with E-state index in [2.05, 4.69) is 11.1 Å². The van der Waals surface area contributed by atoms with Gasteiger partial charge in [0.2, 0.25) is 5.91 Å². The van der Waals surface area contributed by atoms with Crippen molar-refractivity contribution in [1.29, 1.82) is 5.26 Å². The van der Waals surface area contributed by atoms with Crippen molar-refractivity contribution in [3.8, 4) is 17.2 Å². The summed E-state index contributed by atoms with van der Waals surface area (Å²) in [5, 5.41) is 19.5. The van der Waals surface area contributed by atoms with Gasteiger partial charge in [-0.3, -0.25) is 9.78 Å². The number of amides is 1. The van der Waals surface area contributed by atoms with E-state index in [4.69, 9.17) is 0 Å². The Labute approximate surface area is 152 Å². The highest BCUT2D eigenvalue weighted by Crippen LogP contribution is 2.43. The number of likely N-dealkylation sites (tertiary alicyclic amines) is 1. The first-order chi connectivity index (χ1) is 12.7. The molecule has 1 aromatic heterocycles. The van der Waals surface area contributed by atoms with Crippen molar-refractivity contribution in [2.45, 2.75) is 37.3 Å². The normalized spacial score (nSPS) is 25.1. The number of hydrogen-bond donors (Lipinski definition) is 1. The van der Waals surface area contributed by atoms with Gasteiger partial charge in [-0.15, -0.1) is 0 Å². The molecule has 1 saturated heterocycles. The van der Waals surface area contributed by atoms with Gasteiger partial charge in [0.05, 0.1) is 18.7 Å². The predicted molar refractivity (Wildman–Crippen MR) is 96.9 cm³/mol. The fraction of sp³-hybridized carbons (Fsp3) is 0.381. The second-order valence-corrected chi connectivity index (χ2v) is 7.09. The first kappa shape index (κ1) is 16.7. The lowest BCUT2D eigenvalue weighted by Crippen LogP contribution is -2.66. The number of nitriles is 1. The molecule has 1 aromatic carbocycles. The molecule has 2 aromatic rings. The first-order valence-corrected chi connectivity index (χ1v) is 9.07. The summed E-state index contributed by atoms with van der Waals surface area (Å²) >= 11 is 0. The number of aliphatic hydroxyl groups is 1. The summed E-state index contributed by atoms with van der Waals surface area (Å²) < 4.78 is 0. The van der Waals surface area contributed by atoms with Crippen molar-refractivity contribution in [1.82, 2.24) is 9.88 Å². The van der Waals surface area contributed by atoms with Gasteiger partial charge < -0.3 is 10.0 Å². The van der Waals surface area contributed by atoms with Crippen molar-refractivity contribution in [2.75, 3.05) is 6.61 Å². The molecule has 2 heterocycles. The van der Waals surface area contributed by atoms with Crippen LogP contribution < -0.4 is 0 Å². The molecule has 0 bridgehead atoms. The summed E-state index contributed by atoms with van der Waals surface area (Å²) in [5.41, 5.74) is 3.07. The summed E-state index contributed by atoms with van der Waals surface area (Å²) in [4.78, 5) is 18.4. The smallest absolute Gasteiger partial charge is 0.227 e. The van der Waals surface area contributed by atoms with Gasteiger partial charge in [-0.05, 0) is 35.6 Å². The van der Waals surface area contributed by atoms with Crippen LogP contribution in [0.2, 0.25) is 0 Å². The molecule has 5 heteroatoms. The molecule has 0 spiro atoms. The molecular weight excluding hydrogens is 326 g/mol. The van der Waals surface area contributed by atoms with Gasteiger partial charge in [-0.2, -0.15) is 5.26 Å². The van der Waals surface area contributed by atoms with Crippen LogP contribution in [0.5, 0.6) is 0 Å². The Morgan fingerprint density at radius 2 is 2.00 bits per heavy atom. The van der Waals surface area contributed by atoms with E-state index >= 15 is 0 Å². The Balaban J connectivity index is 1.56. The maximum Gasteiger partial charge on any atom is 0.227 e. The number of aliphatic hydroxyl groups excluding tert-OH is 1. The number of benzene rings is 1. The number of rotatable bonds is 4. The number of carbonyl (C=O) groups excluding carboxylic acids is 1. The Bertz CT molecular complexity index is 825. The van der Waals surface area contributed by atoms with E-state index in [1.165, 1.54) is 0 Å². The van der Waals surface area contributed by atoms with Gasteiger partial charge in [0, 0.05) is 24.2 Å². The zero-order valence-electron chi connectivity index (χ0n) is 14.5. The van der Waals surface area contributed by atoms with E-state index in [0.717, 1.165) is 36.0 Å². The molecule has 3 atom stereocenters. The molecule has 1 aliphatic carbocycles. The molecule has 1 aliphatic heterocycles. The van der Waals surface area contributed by atoms with Crippen molar-refractivity contribution in [3.05, 3.63) is 54.4 Å². The summed E-state index contributed by atoms with van der Waals surface area (Å²) in [6.07, 6.45) is 6.42.